The molecule has 0 aliphatic heterocycles. The molecule has 2 aliphatic rings. The summed E-state index contributed by atoms with van der Waals surface area (Å²) in [5, 5.41) is 0. The molecule has 0 spiro atoms. The smallest absolute Gasteiger partial charge is 0.0399 e. The van der Waals surface area contributed by atoms with Gasteiger partial charge in [-0.25, -0.2) is 0 Å². The molecule has 0 nitrogen and oxygen atoms in total. The third-order valence-electron chi connectivity index (χ3n) is 6.64. The van der Waals surface area contributed by atoms with Crippen LogP contribution >= 0.6 is 31.9 Å². The fraction of sp³-hybridized carbons (Fsp3) is 0.407. The van der Waals surface area contributed by atoms with E-state index in [-0.39, 0.29) is 5.41 Å². The van der Waals surface area contributed by atoms with Gasteiger partial charge in [0.05, 0.1) is 0 Å². The number of aryl methyl sites for hydroxylation is 2. The topological polar surface area (TPSA) is 0 Å². The predicted octanol–water partition coefficient (Wildman–Crippen LogP) is 8.68. The molecule has 29 heavy (non-hydrogen) atoms. The summed E-state index contributed by atoms with van der Waals surface area (Å²) in [5.41, 5.74) is 10.1. The SMILES string of the molecule is CCCCCCc1cc(C)cc(C2(C)C3=C(C=CC(Br)C3)c3ccc(Br)cc32)c1. The highest BCUT2D eigenvalue weighted by molar-refractivity contribution is 9.10. The van der Waals surface area contributed by atoms with Crippen molar-refractivity contribution in [2.24, 2.45) is 0 Å². The molecule has 0 heterocycles. The van der Waals surface area contributed by atoms with Gasteiger partial charge in [-0.05, 0) is 78.6 Å². The van der Waals surface area contributed by atoms with Gasteiger partial charge < -0.3 is 0 Å². The Balaban J connectivity index is 1.80. The average Bonchev–Trinajstić information content (AvgIpc) is 2.94. The zero-order valence-corrected chi connectivity index (χ0v) is 20.9. The van der Waals surface area contributed by atoms with Crippen LogP contribution in [0.4, 0.5) is 0 Å². The van der Waals surface area contributed by atoms with Crippen molar-refractivity contribution in [1.82, 2.24) is 0 Å². The van der Waals surface area contributed by atoms with Gasteiger partial charge >= 0.3 is 0 Å². The fourth-order valence-electron chi connectivity index (χ4n) is 5.11. The summed E-state index contributed by atoms with van der Waals surface area (Å²) < 4.78 is 1.16. The maximum absolute atomic E-state index is 3.86. The summed E-state index contributed by atoms with van der Waals surface area (Å²) in [6.07, 6.45) is 12.1. The van der Waals surface area contributed by atoms with Crippen LogP contribution in [-0.4, -0.2) is 4.83 Å². The van der Waals surface area contributed by atoms with E-state index in [2.05, 4.69) is 101 Å². The second kappa shape index (κ2) is 8.55. The first-order valence-electron chi connectivity index (χ1n) is 10.9. The quantitative estimate of drug-likeness (QED) is 0.267. The van der Waals surface area contributed by atoms with Crippen molar-refractivity contribution in [3.05, 3.63) is 86.4 Å². The highest BCUT2D eigenvalue weighted by atomic mass is 79.9. The van der Waals surface area contributed by atoms with Gasteiger partial charge in [-0.1, -0.05) is 100 Å². The third-order valence-corrected chi connectivity index (χ3v) is 7.77. The van der Waals surface area contributed by atoms with Crippen LogP contribution in [0.5, 0.6) is 0 Å². The number of fused-ring (bicyclic) bond motifs is 2. The Morgan fingerprint density at radius 1 is 1.07 bits per heavy atom. The Kier molecular flexibility index (Phi) is 6.23. The molecule has 0 N–H and O–H groups in total. The molecule has 2 aliphatic carbocycles. The van der Waals surface area contributed by atoms with E-state index in [1.54, 1.807) is 5.57 Å². The number of halogens is 2. The van der Waals surface area contributed by atoms with Crippen molar-refractivity contribution < 1.29 is 0 Å². The number of hydrogen-bond acceptors (Lipinski definition) is 0. The van der Waals surface area contributed by atoms with Crippen molar-refractivity contribution in [3.8, 4) is 0 Å². The second-order valence-electron chi connectivity index (χ2n) is 8.80. The van der Waals surface area contributed by atoms with Gasteiger partial charge in [0.2, 0.25) is 0 Å². The standard InChI is InChI=1S/C27H30Br2/c1-4-5-6-7-8-19-13-18(2)14-20(15-19)27(3)25-16-21(28)9-11-23(25)24-12-10-22(29)17-26(24)27/h9-16,22H,4-8,17H2,1-3H3. The maximum atomic E-state index is 3.86. The zero-order chi connectivity index (χ0) is 20.6. The van der Waals surface area contributed by atoms with Gasteiger partial charge in [-0.3, -0.25) is 0 Å². The van der Waals surface area contributed by atoms with Crippen LogP contribution < -0.4 is 0 Å². The number of rotatable bonds is 6. The van der Waals surface area contributed by atoms with Crippen molar-refractivity contribution in [1.29, 1.82) is 0 Å². The van der Waals surface area contributed by atoms with Crippen LogP contribution in [0.2, 0.25) is 0 Å². The average molecular weight is 514 g/mol. The molecule has 2 heteroatoms. The molecule has 2 aromatic carbocycles. The van der Waals surface area contributed by atoms with Gasteiger partial charge in [0.25, 0.3) is 0 Å². The molecule has 2 unspecified atom stereocenters. The van der Waals surface area contributed by atoms with Crippen LogP contribution in [0.1, 0.15) is 73.8 Å². The van der Waals surface area contributed by atoms with E-state index in [1.807, 2.05) is 0 Å². The van der Waals surface area contributed by atoms with Crippen LogP contribution in [0, 0.1) is 6.92 Å². The first kappa shape index (κ1) is 21.1. The third kappa shape index (κ3) is 3.95. The van der Waals surface area contributed by atoms with Gasteiger partial charge in [0, 0.05) is 14.7 Å². The summed E-state index contributed by atoms with van der Waals surface area (Å²) in [5.74, 6) is 0. The largest absolute Gasteiger partial charge is 0.0842 e. The van der Waals surface area contributed by atoms with Gasteiger partial charge in [-0.15, -0.1) is 0 Å². The molecule has 4 rings (SSSR count). The Morgan fingerprint density at radius 3 is 2.69 bits per heavy atom. The van der Waals surface area contributed by atoms with Gasteiger partial charge in [-0.2, -0.15) is 0 Å². The lowest BCUT2D eigenvalue weighted by Gasteiger charge is -2.33. The Morgan fingerprint density at radius 2 is 1.90 bits per heavy atom. The normalized spacial score (nSPS) is 22.7. The van der Waals surface area contributed by atoms with Crippen LogP contribution in [0.15, 0.2) is 58.6 Å². The Labute approximate surface area is 192 Å². The number of hydrogen-bond donors (Lipinski definition) is 0. The van der Waals surface area contributed by atoms with Gasteiger partial charge in [0.15, 0.2) is 0 Å². The minimum atomic E-state index is -0.0740. The van der Waals surface area contributed by atoms with Gasteiger partial charge in [0.1, 0.15) is 0 Å². The molecular formula is C27H30Br2. The molecule has 0 bridgehead atoms. The van der Waals surface area contributed by atoms with Crippen LogP contribution in [-0.2, 0) is 11.8 Å². The van der Waals surface area contributed by atoms with E-state index >= 15 is 0 Å². The lowest BCUT2D eigenvalue weighted by Crippen LogP contribution is -2.26. The number of benzene rings is 2. The second-order valence-corrected chi connectivity index (χ2v) is 10.9. The molecule has 0 saturated carbocycles. The summed E-state index contributed by atoms with van der Waals surface area (Å²) in [6, 6.07) is 14.1. The number of unbranched alkanes of at least 4 members (excludes halogenated alkanes) is 3. The molecule has 0 fully saturated rings. The van der Waals surface area contributed by atoms with Crippen molar-refractivity contribution >= 4 is 37.4 Å². The number of alkyl halides is 1. The molecule has 0 aromatic heterocycles. The summed E-state index contributed by atoms with van der Waals surface area (Å²) in [7, 11) is 0. The zero-order valence-electron chi connectivity index (χ0n) is 17.7. The Hall–Kier alpha value is -1.12. The van der Waals surface area contributed by atoms with E-state index in [0.717, 1.165) is 10.9 Å². The molecule has 2 aromatic rings. The molecule has 2 atom stereocenters. The fourth-order valence-corrected chi connectivity index (χ4v) is 5.95. The lowest BCUT2D eigenvalue weighted by atomic mass is 9.71. The first-order valence-corrected chi connectivity index (χ1v) is 12.6. The van der Waals surface area contributed by atoms with Crippen LogP contribution in [0.25, 0.3) is 5.57 Å². The van der Waals surface area contributed by atoms with E-state index < -0.39 is 0 Å². The molecular weight excluding hydrogens is 484 g/mol. The van der Waals surface area contributed by atoms with E-state index in [9.17, 15) is 0 Å². The molecule has 0 saturated heterocycles. The first-order chi connectivity index (χ1) is 13.9. The highest BCUT2D eigenvalue weighted by Crippen LogP contribution is 2.54. The maximum Gasteiger partial charge on any atom is 0.0399 e. The van der Waals surface area contributed by atoms with E-state index in [4.69, 9.17) is 0 Å². The van der Waals surface area contributed by atoms with Crippen LogP contribution in [0.3, 0.4) is 0 Å². The van der Waals surface area contributed by atoms with Crippen molar-refractivity contribution in [3.63, 3.8) is 0 Å². The molecule has 0 radical (unpaired) electrons. The van der Waals surface area contributed by atoms with Crippen molar-refractivity contribution in [2.75, 3.05) is 0 Å². The predicted molar refractivity (Wildman–Crippen MR) is 133 cm³/mol. The minimum Gasteiger partial charge on any atom is -0.0842 e. The summed E-state index contributed by atoms with van der Waals surface area (Å²) in [4.78, 5) is 0.414. The molecule has 0 amide bonds. The molecule has 152 valence electrons. The van der Waals surface area contributed by atoms with E-state index in [0.29, 0.717) is 4.83 Å². The number of allylic oxidation sites excluding steroid dienone is 4. The summed E-state index contributed by atoms with van der Waals surface area (Å²) in [6.45, 7) is 6.97. The van der Waals surface area contributed by atoms with E-state index in [1.165, 1.54) is 65.5 Å². The highest BCUT2D eigenvalue weighted by Gasteiger charge is 2.43. The monoisotopic (exact) mass is 512 g/mol. The van der Waals surface area contributed by atoms with Crippen molar-refractivity contribution in [2.45, 2.75) is 69.5 Å². The lowest BCUT2D eigenvalue weighted by molar-refractivity contribution is 0.648. The Bertz CT molecular complexity index is 982. The minimum absolute atomic E-state index is 0.0740. The summed E-state index contributed by atoms with van der Waals surface area (Å²) >= 11 is 7.59.